The van der Waals surface area contributed by atoms with Crippen LogP contribution in [0.4, 0.5) is 0 Å². The molecule has 4 nitrogen and oxygen atoms in total. The number of hydrogen-bond donors (Lipinski definition) is 1. The predicted octanol–water partition coefficient (Wildman–Crippen LogP) is 1.97. The van der Waals surface area contributed by atoms with Gasteiger partial charge >= 0.3 is 0 Å². The van der Waals surface area contributed by atoms with Gasteiger partial charge in [0.15, 0.2) is 0 Å². The summed E-state index contributed by atoms with van der Waals surface area (Å²) in [5.41, 5.74) is 1.20. The van der Waals surface area contributed by atoms with E-state index >= 15 is 0 Å². The Kier molecular flexibility index (Phi) is 7.01. The summed E-state index contributed by atoms with van der Waals surface area (Å²) in [6.07, 6.45) is 3.51. The fourth-order valence-corrected chi connectivity index (χ4v) is 1.87. The maximum absolute atomic E-state index is 5.30. The van der Waals surface area contributed by atoms with Crippen LogP contribution in [0.3, 0.4) is 0 Å². The van der Waals surface area contributed by atoms with Crippen molar-refractivity contribution in [1.82, 2.24) is 10.2 Å². The second-order valence-electron chi connectivity index (χ2n) is 5.21. The Bertz CT molecular complexity index is 299. The minimum atomic E-state index is 0.378. The van der Waals surface area contributed by atoms with Crippen LogP contribution in [-0.4, -0.2) is 44.8 Å². The summed E-state index contributed by atoms with van der Waals surface area (Å²) in [4.78, 5) is 2.29. The first-order chi connectivity index (χ1) is 8.63. The molecule has 1 unspecified atom stereocenters. The molecule has 4 heteroatoms. The highest BCUT2D eigenvalue weighted by Gasteiger charge is 2.15. The molecule has 1 rings (SSSR count). The molecule has 1 N–H and O–H groups in total. The topological polar surface area (TPSA) is 37.6 Å². The number of rotatable bonds is 9. The third-order valence-electron chi connectivity index (χ3n) is 2.93. The lowest BCUT2D eigenvalue weighted by Crippen LogP contribution is -2.43. The number of furan rings is 1. The molecule has 0 aliphatic heterocycles. The molecule has 1 atom stereocenters. The standard InChI is InChI=1S/C14H26N2O2/c1-12(2)7-15-8-14(11-17-4)16(3)9-13-5-6-18-10-13/h5-6,10,12,14-15H,7-9,11H2,1-4H3. The molecule has 0 aliphatic carbocycles. The Morgan fingerprint density at radius 2 is 2.17 bits per heavy atom. The second kappa shape index (κ2) is 8.29. The Labute approximate surface area is 110 Å². The molecule has 1 aromatic rings. The summed E-state index contributed by atoms with van der Waals surface area (Å²) in [5.74, 6) is 0.673. The fraction of sp³-hybridized carbons (Fsp3) is 0.714. The molecular weight excluding hydrogens is 228 g/mol. The predicted molar refractivity (Wildman–Crippen MR) is 73.5 cm³/mol. The number of hydrogen-bond acceptors (Lipinski definition) is 4. The number of likely N-dealkylation sites (N-methyl/N-ethyl adjacent to an activating group) is 1. The molecule has 0 amide bonds. The van der Waals surface area contributed by atoms with Crippen LogP contribution in [0.5, 0.6) is 0 Å². The van der Waals surface area contributed by atoms with Gasteiger partial charge in [-0.15, -0.1) is 0 Å². The van der Waals surface area contributed by atoms with Gasteiger partial charge in [-0.3, -0.25) is 4.90 Å². The van der Waals surface area contributed by atoms with Crippen molar-refractivity contribution in [1.29, 1.82) is 0 Å². The maximum atomic E-state index is 5.30. The van der Waals surface area contributed by atoms with Gasteiger partial charge in [-0.2, -0.15) is 0 Å². The van der Waals surface area contributed by atoms with Gasteiger partial charge < -0.3 is 14.5 Å². The molecule has 0 aliphatic rings. The number of nitrogens with zero attached hydrogens (tertiary/aromatic N) is 1. The Balaban J connectivity index is 2.39. The van der Waals surface area contributed by atoms with Gasteiger partial charge in [-0.25, -0.2) is 0 Å². The lowest BCUT2D eigenvalue weighted by atomic mass is 10.2. The molecule has 1 heterocycles. The molecule has 1 aromatic heterocycles. The molecule has 18 heavy (non-hydrogen) atoms. The van der Waals surface area contributed by atoms with Gasteiger partial charge in [-0.1, -0.05) is 13.8 Å². The van der Waals surface area contributed by atoms with E-state index < -0.39 is 0 Å². The van der Waals surface area contributed by atoms with Crippen molar-refractivity contribution in [2.75, 3.05) is 33.9 Å². The summed E-state index contributed by atoms with van der Waals surface area (Å²) < 4.78 is 10.4. The van der Waals surface area contributed by atoms with Crippen LogP contribution in [0.1, 0.15) is 19.4 Å². The molecule has 0 radical (unpaired) electrons. The Morgan fingerprint density at radius 1 is 1.39 bits per heavy atom. The van der Waals surface area contributed by atoms with E-state index in [1.165, 1.54) is 5.56 Å². The van der Waals surface area contributed by atoms with Crippen LogP contribution in [0, 0.1) is 5.92 Å². The summed E-state index contributed by atoms with van der Waals surface area (Å²) >= 11 is 0. The Hall–Kier alpha value is -0.840. The molecule has 0 saturated carbocycles. The maximum Gasteiger partial charge on any atom is 0.0947 e. The normalized spacial score (nSPS) is 13.4. The zero-order valence-corrected chi connectivity index (χ0v) is 12.0. The van der Waals surface area contributed by atoms with Gasteiger partial charge in [0.25, 0.3) is 0 Å². The van der Waals surface area contributed by atoms with E-state index in [-0.39, 0.29) is 0 Å². The van der Waals surface area contributed by atoms with Crippen molar-refractivity contribution in [2.24, 2.45) is 5.92 Å². The van der Waals surface area contributed by atoms with Gasteiger partial charge in [0, 0.05) is 31.8 Å². The van der Waals surface area contributed by atoms with Crippen molar-refractivity contribution in [3.63, 3.8) is 0 Å². The van der Waals surface area contributed by atoms with Crippen LogP contribution < -0.4 is 5.32 Å². The first-order valence-corrected chi connectivity index (χ1v) is 6.54. The average Bonchev–Trinajstić information content (AvgIpc) is 2.80. The third-order valence-corrected chi connectivity index (χ3v) is 2.93. The SMILES string of the molecule is COCC(CNCC(C)C)N(C)Cc1ccoc1. The first kappa shape index (κ1) is 15.2. The van der Waals surface area contributed by atoms with E-state index in [0.717, 1.165) is 26.2 Å². The van der Waals surface area contributed by atoms with E-state index in [1.54, 1.807) is 19.6 Å². The fourth-order valence-electron chi connectivity index (χ4n) is 1.87. The van der Waals surface area contributed by atoms with Crippen molar-refractivity contribution in [2.45, 2.75) is 26.4 Å². The van der Waals surface area contributed by atoms with Crippen LogP contribution in [0.15, 0.2) is 23.0 Å². The van der Waals surface area contributed by atoms with E-state index in [4.69, 9.17) is 9.15 Å². The van der Waals surface area contributed by atoms with Gasteiger partial charge in [-0.05, 0) is 25.6 Å². The van der Waals surface area contributed by atoms with Crippen molar-refractivity contribution in [3.05, 3.63) is 24.2 Å². The highest BCUT2D eigenvalue weighted by atomic mass is 16.5. The average molecular weight is 254 g/mol. The minimum absolute atomic E-state index is 0.378. The largest absolute Gasteiger partial charge is 0.472 e. The van der Waals surface area contributed by atoms with Gasteiger partial charge in [0.2, 0.25) is 0 Å². The van der Waals surface area contributed by atoms with Crippen molar-refractivity contribution < 1.29 is 9.15 Å². The van der Waals surface area contributed by atoms with Gasteiger partial charge in [0.1, 0.15) is 0 Å². The summed E-state index contributed by atoms with van der Waals surface area (Å²) in [6.45, 7) is 8.04. The van der Waals surface area contributed by atoms with E-state index in [0.29, 0.717) is 12.0 Å². The molecular formula is C14H26N2O2. The summed E-state index contributed by atoms with van der Waals surface area (Å²) in [5, 5.41) is 3.49. The minimum Gasteiger partial charge on any atom is -0.472 e. The molecule has 0 bridgehead atoms. The summed E-state index contributed by atoms with van der Waals surface area (Å²) in [6, 6.07) is 2.38. The monoisotopic (exact) mass is 254 g/mol. The van der Waals surface area contributed by atoms with E-state index in [1.807, 2.05) is 6.07 Å². The highest BCUT2D eigenvalue weighted by Crippen LogP contribution is 2.07. The van der Waals surface area contributed by atoms with Crippen molar-refractivity contribution in [3.8, 4) is 0 Å². The second-order valence-corrected chi connectivity index (χ2v) is 5.21. The Morgan fingerprint density at radius 3 is 2.72 bits per heavy atom. The third kappa shape index (κ3) is 5.67. The summed E-state index contributed by atoms with van der Waals surface area (Å²) in [7, 11) is 3.87. The van der Waals surface area contributed by atoms with Gasteiger partial charge in [0.05, 0.1) is 19.1 Å². The lowest BCUT2D eigenvalue weighted by Gasteiger charge is -2.27. The van der Waals surface area contributed by atoms with Crippen LogP contribution in [-0.2, 0) is 11.3 Å². The molecule has 0 fully saturated rings. The zero-order valence-electron chi connectivity index (χ0n) is 12.0. The van der Waals surface area contributed by atoms with E-state index in [9.17, 15) is 0 Å². The van der Waals surface area contributed by atoms with Crippen LogP contribution >= 0.6 is 0 Å². The van der Waals surface area contributed by atoms with E-state index in [2.05, 4.69) is 31.1 Å². The molecule has 0 aromatic carbocycles. The number of ether oxygens (including phenoxy) is 1. The lowest BCUT2D eigenvalue weighted by molar-refractivity contribution is 0.101. The molecule has 0 saturated heterocycles. The first-order valence-electron chi connectivity index (χ1n) is 6.54. The smallest absolute Gasteiger partial charge is 0.0947 e. The van der Waals surface area contributed by atoms with Crippen molar-refractivity contribution >= 4 is 0 Å². The highest BCUT2D eigenvalue weighted by molar-refractivity contribution is 5.05. The quantitative estimate of drug-likeness (QED) is 0.731. The number of methoxy groups -OCH3 is 1. The molecule has 0 spiro atoms. The zero-order chi connectivity index (χ0) is 13.4. The molecule has 104 valence electrons. The van der Waals surface area contributed by atoms with Crippen LogP contribution in [0.2, 0.25) is 0 Å². The number of nitrogens with one attached hydrogen (secondary N) is 1. The van der Waals surface area contributed by atoms with Crippen LogP contribution in [0.25, 0.3) is 0 Å².